The van der Waals surface area contributed by atoms with Gasteiger partial charge in [-0.2, -0.15) is 8.88 Å². The number of pyridine rings is 1. The van der Waals surface area contributed by atoms with Crippen LogP contribution in [-0.2, 0) is 32.0 Å². The minimum Gasteiger partial charge on any atom is -0.387 e. The molecule has 0 radical (unpaired) electrons. The molecule has 10 atom stereocenters. The maximum atomic E-state index is 12.6. The van der Waals surface area contributed by atoms with Crippen molar-refractivity contribution >= 4 is 32.7 Å². The number of nitrogens with two attached hydrogens (primary N) is 1. The molecule has 0 saturated carbocycles. The second-order valence-electron chi connectivity index (χ2n) is 11.0. The number of phosphoric ester groups is 2. The van der Waals surface area contributed by atoms with E-state index in [0.717, 1.165) is 0 Å². The molecule has 246 valence electrons. The Hall–Kier alpha value is -2.73. The van der Waals surface area contributed by atoms with Crippen LogP contribution in [0.25, 0.3) is 11.2 Å². The van der Waals surface area contributed by atoms with Gasteiger partial charge in [0.2, 0.25) is 0 Å². The molecule has 2 saturated heterocycles. The van der Waals surface area contributed by atoms with E-state index in [1.54, 1.807) is 17.8 Å². The first kappa shape index (κ1) is 33.6. The van der Waals surface area contributed by atoms with Crippen molar-refractivity contribution in [1.82, 2.24) is 19.5 Å². The zero-order valence-electron chi connectivity index (χ0n) is 24.7. The van der Waals surface area contributed by atoms with Crippen molar-refractivity contribution in [1.29, 1.82) is 0 Å². The van der Waals surface area contributed by atoms with Crippen molar-refractivity contribution in [3.8, 4) is 0 Å². The third-order valence-electron chi connectivity index (χ3n) is 7.91. The molecule has 2 aliphatic heterocycles. The van der Waals surface area contributed by atoms with E-state index in [9.17, 15) is 33.9 Å². The largest absolute Gasteiger partial charge is 0.481 e. The molecule has 1 amide bonds. The maximum absolute atomic E-state index is 12.6. The van der Waals surface area contributed by atoms with Crippen LogP contribution in [-0.4, -0.2) is 83.1 Å². The van der Waals surface area contributed by atoms with Crippen LogP contribution in [0.15, 0.2) is 30.9 Å². The Labute approximate surface area is 256 Å². The molecule has 5 rings (SSSR count). The Morgan fingerprint density at radius 1 is 1.04 bits per heavy atom. The number of aromatic nitrogens is 5. The van der Waals surface area contributed by atoms with E-state index in [0.29, 0.717) is 22.7 Å². The average molecular weight is 674 g/mol. The number of imidazole rings is 1. The summed E-state index contributed by atoms with van der Waals surface area (Å²) in [6.45, 7) is 6.10. The third kappa shape index (κ3) is 7.16. The van der Waals surface area contributed by atoms with Crippen LogP contribution in [0.2, 0.25) is 0 Å². The molecule has 45 heavy (non-hydrogen) atoms. The van der Waals surface area contributed by atoms with Crippen LogP contribution in [0.5, 0.6) is 0 Å². The number of aliphatic hydroxyl groups is 2. The van der Waals surface area contributed by atoms with Gasteiger partial charge in [-0.05, 0) is 25.8 Å². The zero-order chi connectivity index (χ0) is 32.8. The third-order valence-corrected chi connectivity index (χ3v) is 10.5. The Bertz CT molecular complexity index is 1670. The van der Waals surface area contributed by atoms with Crippen LogP contribution in [0, 0.1) is 25.7 Å². The highest BCUT2D eigenvalue weighted by Crippen LogP contribution is 2.61. The number of primary amides is 1. The number of aryl methyl sites for hydroxylation is 2. The fraction of sp³-hybridized carbons (Fsp3) is 0.560. The monoisotopic (exact) mass is 673 g/mol. The van der Waals surface area contributed by atoms with Crippen LogP contribution in [0.4, 0.5) is 0 Å². The molecule has 5 heterocycles. The van der Waals surface area contributed by atoms with Gasteiger partial charge in [-0.25, -0.2) is 24.1 Å². The summed E-state index contributed by atoms with van der Waals surface area (Å²) >= 11 is 0. The van der Waals surface area contributed by atoms with Gasteiger partial charge in [0, 0.05) is 12.0 Å². The number of carbonyl (C=O) groups excluding carboxylic acids is 1. The van der Waals surface area contributed by atoms with Crippen molar-refractivity contribution in [2.24, 2.45) is 17.6 Å². The molecule has 3 aromatic rings. The molecule has 2 aliphatic rings. The zero-order valence-corrected chi connectivity index (χ0v) is 26.5. The summed E-state index contributed by atoms with van der Waals surface area (Å²) in [4.78, 5) is 45.0. The lowest BCUT2D eigenvalue weighted by molar-refractivity contribution is -0.765. The number of fused-ring (bicyclic) bond motifs is 1. The normalized spacial score (nSPS) is 31.2. The fourth-order valence-corrected chi connectivity index (χ4v) is 7.43. The quantitative estimate of drug-likeness (QED) is 0.138. The number of ether oxygens (including phenoxy) is 2. The van der Waals surface area contributed by atoms with Crippen LogP contribution in [0.1, 0.15) is 48.2 Å². The Balaban J connectivity index is 1.17. The molecule has 2 fully saturated rings. The van der Waals surface area contributed by atoms with Gasteiger partial charge in [0.1, 0.15) is 35.3 Å². The van der Waals surface area contributed by atoms with Gasteiger partial charge >= 0.3 is 15.6 Å². The van der Waals surface area contributed by atoms with E-state index in [1.165, 1.54) is 29.1 Å². The summed E-state index contributed by atoms with van der Waals surface area (Å²) in [7, 11) is -10.4. The highest BCUT2D eigenvalue weighted by Gasteiger charge is 2.50. The van der Waals surface area contributed by atoms with E-state index in [2.05, 4.69) is 19.3 Å². The number of hydrogen-bond acceptors (Lipinski definition) is 13. The summed E-state index contributed by atoms with van der Waals surface area (Å²) in [5.74, 6) is -0.461. The van der Waals surface area contributed by atoms with Crippen molar-refractivity contribution < 1.29 is 61.3 Å². The maximum Gasteiger partial charge on any atom is 0.481 e. The van der Waals surface area contributed by atoms with Gasteiger partial charge in [-0.15, -0.1) is 0 Å². The van der Waals surface area contributed by atoms with Gasteiger partial charge in [-0.1, -0.05) is 13.8 Å². The van der Waals surface area contributed by atoms with Gasteiger partial charge < -0.3 is 35.2 Å². The first-order valence-electron chi connectivity index (χ1n) is 13.9. The molecule has 10 unspecified atom stereocenters. The Morgan fingerprint density at radius 3 is 2.38 bits per heavy atom. The molecule has 0 aliphatic carbocycles. The molecule has 3 aromatic heterocycles. The fourth-order valence-electron chi connectivity index (χ4n) is 5.34. The standard InChI is InChI=1S/C25H34N6O12P2/c1-12-13(2)24(31-11-27-19-14(3)28-15(4)29-23(19)31)41-17(12)9-39-44(35,36)43-45(37,38)40-10-18-20(32)21(33)25(42-18)30-7-5-6-16(8-30)22(26)34/h5-8,11-13,17-18,20-21,24-25,32-33H,9-10H2,1-4H3,(H3-,26,34,35,36,37,38)/p+1. The lowest BCUT2D eigenvalue weighted by Crippen LogP contribution is -2.46. The number of phosphoric acid groups is 2. The predicted octanol–water partition coefficient (Wildman–Crippen LogP) is 0.569. The molecule has 0 spiro atoms. The van der Waals surface area contributed by atoms with Crippen LogP contribution in [0.3, 0.4) is 0 Å². The number of amides is 1. The van der Waals surface area contributed by atoms with E-state index < -0.39 is 71.6 Å². The van der Waals surface area contributed by atoms with Gasteiger partial charge in [0.15, 0.2) is 24.1 Å². The van der Waals surface area contributed by atoms with Gasteiger partial charge in [-0.3, -0.25) is 18.4 Å². The molecule has 0 aromatic carbocycles. The minimum absolute atomic E-state index is 0.103. The molecule has 18 nitrogen and oxygen atoms in total. The average Bonchev–Trinajstić information content (AvgIpc) is 3.60. The van der Waals surface area contributed by atoms with Gasteiger partial charge in [0.25, 0.3) is 12.1 Å². The smallest absolute Gasteiger partial charge is 0.387 e. The van der Waals surface area contributed by atoms with E-state index in [4.69, 9.17) is 24.3 Å². The highest BCUT2D eigenvalue weighted by molar-refractivity contribution is 7.61. The molecular formula is C25H35N6O12P2+. The predicted molar refractivity (Wildman–Crippen MR) is 151 cm³/mol. The Morgan fingerprint density at radius 2 is 1.71 bits per heavy atom. The highest BCUT2D eigenvalue weighted by atomic mass is 31.3. The first-order valence-corrected chi connectivity index (χ1v) is 16.9. The second-order valence-corrected chi connectivity index (χ2v) is 14.1. The summed E-state index contributed by atoms with van der Waals surface area (Å²) < 4.78 is 54.1. The van der Waals surface area contributed by atoms with E-state index >= 15 is 0 Å². The number of aliphatic hydroxyl groups excluding tert-OH is 2. The summed E-state index contributed by atoms with van der Waals surface area (Å²) in [6.07, 6.45) is -2.61. The van der Waals surface area contributed by atoms with Crippen molar-refractivity contribution in [2.45, 2.75) is 64.6 Å². The number of carbonyl (C=O) groups is 1. The minimum atomic E-state index is -5.25. The van der Waals surface area contributed by atoms with Crippen molar-refractivity contribution in [3.63, 3.8) is 0 Å². The molecule has 6 N–H and O–H groups in total. The second kappa shape index (κ2) is 12.8. The summed E-state index contributed by atoms with van der Waals surface area (Å²) in [5, 5.41) is 20.8. The first-order chi connectivity index (χ1) is 21.1. The van der Waals surface area contributed by atoms with Crippen molar-refractivity contribution in [2.75, 3.05) is 13.2 Å². The number of hydrogen-bond donors (Lipinski definition) is 5. The van der Waals surface area contributed by atoms with Gasteiger partial charge in [0.05, 0.1) is 31.3 Å². The SMILES string of the molecule is Cc1nc(C)c2ncn(C3OC(COP(=O)(O)OP(=O)(O)OCC4OC([n+]5cccc(C(N)=O)c5)C(O)C4O)C(C)C3C)c2n1. The summed E-state index contributed by atoms with van der Waals surface area (Å²) in [5.41, 5.74) is 7.28. The van der Waals surface area contributed by atoms with Crippen LogP contribution >= 0.6 is 15.6 Å². The number of rotatable bonds is 11. The van der Waals surface area contributed by atoms with E-state index in [1.807, 2.05) is 20.8 Å². The molecule has 20 heteroatoms. The van der Waals surface area contributed by atoms with Crippen LogP contribution < -0.4 is 10.3 Å². The van der Waals surface area contributed by atoms with Crippen molar-refractivity contribution in [3.05, 3.63) is 47.9 Å². The summed E-state index contributed by atoms with van der Waals surface area (Å²) in [6, 6.07) is 2.90. The lowest BCUT2D eigenvalue weighted by atomic mass is 9.93. The Kier molecular flexibility index (Phi) is 9.58. The lowest BCUT2D eigenvalue weighted by Gasteiger charge is -2.21. The van der Waals surface area contributed by atoms with E-state index in [-0.39, 0.29) is 17.4 Å². The molecule has 0 bridgehead atoms. The topological polar surface area (TPSA) is 252 Å². The number of nitrogens with zero attached hydrogens (tertiary/aromatic N) is 5. The molecular weight excluding hydrogens is 638 g/mol.